The quantitative estimate of drug-likeness (QED) is 0.465. The van der Waals surface area contributed by atoms with Gasteiger partial charge in [-0.15, -0.1) is 0 Å². The molecule has 2 atom stereocenters. The van der Waals surface area contributed by atoms with Crippen LogP contribution in [-0.4, -0.2) is 44.9 Å². The van der Waals surface area contributed by atoms with Crippen molar-refractivity contribution in [2.75, 3.05) is 12.4 Å². The molecule has 36 heavy (non-hydrogen) atoms. The Labute approximate surface area is 203 Å². The molecule has 0 saturated carbocycles. The lowest BCUT2D eigenvalue weighted by molar-refractivity contribution is -0.115. The molecule has 3 aliphatic rings. The van der Waals surface area contributed by atoms with E-state index in [0.717, 1.165) is 27.7 Å². The maximum Gasteiger partial charge on any atom is 0.387 e. The van der Waals surface area contributed by atoms with Gasteiger partial charge in [-0.3, -0.25) is 9.59 Å². The number of pyridine rings is 1. The first-order valence-corrected chi connectivity index (χ1v) is 11.5. The average Bonchev–Trinajstić information content (AvgIpc) is 3.50. The van der Waals surface area contributed by atoms with Gasteiger partial charge in [-0.2, -0.15) is 8.78 Å². The zero-order valence-corrected chi connectivity index (χ0v) is 19.0. The van der Waals surface area contributed by atoms with Crippen LogP contribution in [0.2, 0.25) is 0 Å². The molecular weight excluding hydrogens is 468 g/mol. The number of imidazole rings is 1. The van der Waals surface area contributed by atoms with E-state index in [4.69, 9.17) is 9.72 Å². The van der Waals surface area contributed by atoms with Gasteiger partial charge in [-0.05, 0) is 35.9 Å². The van der Waals surface area contributed by atoms with Crippen LogP contribution in [0.4, 0.5) is 14.6 Å². The summed E-state index contributed by atoms with van der Waals surface area (Å²) in [6.45, 7) is -3.01. The van der Waals surface area contributed by atoms with Crippen LogP contribution < -0.4 is 10.1 Å². The van der Waals surface area contributed by atoms with Gasteiger partial charge >= 0.3 is 6.61 Å². The molecule has 10 heteroatoms. The van der Waals surface area contributed by atoms with Crippen molar-refractivity contribution in [1.82, 2.24) is 19.4 Å². The first-order valence-electron chi connectivity index (χ1n) is 11.5. The van der Waals surface area contributed by atoms with E-state index in [1.165, 1.54) is 6.07 Å². The summed E-state index contributed by atoms with van der Waals surface area (Å²) < 4.78 is 33.5. The molecule has 0 unspecified atom stereocenters. The summed E-state index contributed by atoms with van der Waals surface area (Å²) in [4.78, 5) is 35.9. The van der Waals surface area contributed by atoms with Crippen LogP contribution in [0.15, 0.2) is 48.7 Å². The zero-order valence-electron chi connectivity index (χ0n) is 19.0. The molecule has 0 fully saturated rings. The predicted molar refractivity (Wildman–Crippen MR) is 126 cm³/mol. The molecule has 2 amide bonds. The summed E-state index contributed by atoms with van der Waals surface area (Å²) in [5.74, 6) is 0.962. The Morgan fingerprint density at radius 3 is 2.81 bits per heavy atom. The minimum Gasteiger partial charge on any atom is -0.434 e. The molecule has 8 nitrogen and oxygen atoms in total. The molecular formula is C26H19F2N5O3. The fourth-order valence-electron chi connectivity index (χ4n) is 5.72. The average molecular weight is 487 g/mol. The van der Waals surface area contributed by atoms with Gasteiger partial charge in [0.1, 0.15) is 17.4 Å². The van der Waals surface area contributed by atoms with Crippen LogP contribution in [-0.2, 0) is 11.2 Å². The number of nitrogens with one attached hydrogen (secondary N) is 1. The van der Waals surface area contributed by atoms with Gasteiger partial charge in [0.15, 0.2) is 0 Å². The third kappa shape index (κ3) is 2.90. The van der Waals surface area contributed by atoms with Crippen LogP contribution in [0, 0.1) is 0 Å². The van der Waals surface area contributed by atoms with Crippen molar-refractivity contribution in [3.8, 4) is 16.9 Å². The number of hydrogen-bond donors (Lipinski definition) is 1. The lowest BCUT2D eigenvalue weighted by Crippen LogP contribution is -2.30. The molecule has 2 bridgehead atoms. The molecule has 2 aromatic heterocycles. The van der Waals surface area contributed by atoms with Crippen molar-refractivity contribution in [3.05, 3.63) is 71.2 Å². The monoisotopic (exact) mass is 487 g/mol. The van der Waals surface area contributed by atoms with Gasteiger partial charge in [0, 0.05) is 41.9 Å². The third-order valence-electron chi connectivity index (χ3n) is 7.32. The number of amides is 2. The third-order valence-corrected chi connectivity index (χ3v) is 7.32. The van der Waals surface area contributed by atoms with Crippen LogP contribution in [0.3, 0.4) is 0 Å². The van der Waals surface area contributed by atoms with Gasteiger partial charge < -0.3 is 19.5 Å². The van der Waals surface area contributed by atoms with Crippen LogP contribution in [0.5, 0.6) is 5.75 Å². The predicted octanol–water partition coefficient (Wildman–Crippen LogP) is 4.31. The number of benzene rings is 2. The number of hydrogen-bond acceptors (Lipinski definition) is 5. The Balaban J connectivity index is 1.42. The van der Waals surface area contributed by atoms with Gasteiger partial charge in [-0.1, -0.05) is 12.1 Å². The first kappa shape index (κ1) is 21.0. The van der Waals surface area contributed by atoms with E-state index in [0.29, 0.717) is 29.2 Å². The molecule has 1 N–H and O–H groups in total. The van der Waals surface area contributed by atoms with E-state index in [9.17, 15) is 18.4 Å². The minimum atomic E-state index is -3.01. The summed E-state index contributed by atoms with van der Waals surface area (Å²) in [7, 11) is 1.71. The summed E-state index contributed by atoms with van der Waals surface area (Å²) >= 11 is 0. The highest BCUT2D eigenvalue weighted by Gasteiger charge is 2.45. The Kier molecular flexibility index (Phi) is 4.27. The Hall–Kier alpha value is -4.34. The number of halogens is 2. The molecule has 7 rings (SSSR count). The number of ether oxygens (including phenoxy) is 1. The van der Waals surface area contributed by atoms with Crippen molar-refractivity contribution in [3.63, 3.8) is 0 Å². The molecule has 5 heterocycles. The van der Waals surface area contributed by atoms with Crippen molar-refractivity contribution in [1.29, 1.82) is 0 Å². The Bertz CT molecular complexity index is 1610. The summed E-state index contributed by atoms with van der Waals surface area (Å²) in [6.07, 6.45) is 2.51. The highest BCUT2D eigenvalue weighted by atomic mass is 19.3. The molecule has 3 aliphatic heterocycles. The number of carbonyl (C=O) groups is 2. The maximum atomic E-state index is 13.3. The second kappa shape index (κ2) is 7.33. The standard InChI is InChI=1S/C26H19F2N5O3/c1-32-19-10-18(22-15(25(32)35)3-2-4-20(22)36-26(27)28)33-17-8-12(5-6-16(17)30-24(19)33)14-7-13-9-21(34)31-23(13)29-11-14/h2-8,11,18-19,26H,9-10H2,1H3,(H,29,31,34)/t18-,19-/m1/s1. The summed E-state index contributed by atoms with van der Waals surface area (Å²) in [6, 6.07) is 11.8. The molecule has 0 aliphatic carbocycles. The number of alkyl halides is 2. The molecule has 180 valence electrons. The van der Waals surface area contributed by atoms with E-state index >= 15 is 0 Å². The van der Waals surface area contributed by atoms with E-state index in [-0.39, 0.29) is 30.0 Å². The highest BCUT2D eigenvalue weighted by molar-refractivity contribution is 5.99. The SMILES string of the molecule is CN1C(=O)c2cccc(OC(F)F)c2[C@H]2C[C@@H]1c1nc3ccc(-c4cnc5c(c4)CC(=O)N5)cc3n12. The lowest BCUT2D eigenvalue weighted by atomic mass is 9.97. The fourth-order valence-corrected chi connectivity index (χ4v) is 5.72. The molecule has 0 radical (unpaired) electrons. The second-order valence-electron chi connectivity index (χ2n) is 9.28. The van der Waals surface area contributed by atoms with Gasteiger partial charge in [-0.25, -0.2) is 9.97 Å². The summed E-state index contributed by atoms with van der Waals surface area (Å²) in [5, 5.41) is 2.74. The summed E-state index contributed by atoms with van der Waals surface area (Å²) in [5.41, 5.74) is 4.95. The Morgan fingerprint density at radius 1 is 1.11 bits per heavy atom. The van der Waals surface area contributed by atoms with Crippen molar-refractivity contribution < 1.29 is 23.1 Å². The smallest absolute Gasteiger partial charge is 0.387 e. The first-order chi connectivity index (χ1) is 17.4. The van der Waals surface area contributed by atoms with Crippen LogP contribution in [0.1, 0.15) is 45.8 Å². The van der Waals surface area contributed by atoms with Crippen molar-refractivity contribution in [2.24, 2.45) is 0 Å². The number of aromatic nitrogens is 3. The normalized spacial score (nSPS) is 19.8. The van der Waals surface area contributed by atoms with Crippen molar-refractivity contribution >= 4 is 28.7 Å². The van der Waals surface area contributed by atoms with E-state index in [1.54, 1.807) is 30.3 Å². The van der Waals surface area contributed by atoms with Gasteiger partial charge in [0.2, 0.25) is 5.91 Å². The Morgan fingerprint density at radius 2 is 1.97 bits per heavy atom. The van der Waals surface area contributed by atoms with Gasteiger partial charge in [0.25, 0.3) is 5.91 Å². The van der Waals surface area contributed by atoms with E-state index in [2.05, 4.69) is 10.3 Å². The number of rotatable bonds is 3. The minimum absolute atomic E-state index is 0.000689. The molecule has 0 spiro atoms. The molecule has 4 aromatic rings. The van der Waals surface area contributed by atoms with Crippen LogP contribution in [0.25, 0.3) is 22.2 Å². The molecule has 2 aromatic carbocycles. The molecule has 0 saturated heterocycles. The van der Waals surface area contributed by atoms with E-state index < -0.39 is 12.7 Å². The number of fused-ring (bicyclic) bond motifs is 10. The number of carbonyl (C=O) groups excluding carboxylic acids is 2. The van der Waals surface area contributed by atoms with Crippen molar-refractivity contribution in [2.45, 2.75) is 31.5 Å². The lowest BCUT2D eigenvalue weighted by Gasteiger charge is -2.24. The van der Waals surface area contributed by atoms with Gasteiger partial charge in [0.05, 0.1) is 29.5 Å². The van der Waals surface area contributed by atoms with E-state index in [1.807, 2.05) is 28.8 Å². The highest BCUT2D eigenvalue weighted by Crippen LogP contribution is 2.50. The van der Waals surface area contributed by atoms with Crippen LogP contribution >= 0.6 is 0 Å². The fraction of sp³-hybridized carbons (Fsp3) is 0.231. The second-order valence-corrected chi connectivity index (χ2v) is 9.28. The topological polar surface area (TPSA) is 89.4 Å². The zero-order chi connectivity index (χ0) is 24.7. The number of nitrogens with zero attached hydrogens (tertiary/aromatic N) is 4. The number of anilines is 1. The maximum absolute atomic E-state index is 13.3. The largest absolute Gasteiger partial charge is 0.434 e.